The van der Waals surface area contributed by atoms with Crippen molar-refractivity contribution < 1.29 is 14.3 Å². The lowest BCUT2D eigenvalue weighted by atomic mass is 10.2. The molecular weight excluding hydrogens is 250 g/mol. The molecule has 1 aromatic rings. The fourth-order valence-corrected chi connectivity index (χ4v) is 3.49. The van der Waals surface area contributed by atoms with Crippen LogP contribution in [0.15, 0.2) is 16.5 Å². The highest BCUT2D eigenvalue weighted by atomic mass is 32.2. The summed E-state index contributed by atoms with van der Waals surface area (Å²) in [6, 6.07) is 3.76. The molecule has 1 heterocycles. The van der Waals surface area contributed by atoms with Gasteiger partial charge in [0, 0.05) is 11.3 Å². The summed E-state index contributed by atoms with van der Waals surface area (Å²) in [5.74, 6) is 0.871. The molecule has 100 valence electrons. The summed E-state index contributed by atoms with van der Waals surface area (Å²) < 4.78 is 5.21. The van der Waals surface area contributed by atoms with Gasteiger partial charge in [0.25, 0.3) is 0 Å². The summed E-state index contributed by atoms with van der Waals surface area (Å²) in [5.41, 5.74) is 0. The molecule has 5 heteroatoms. The van der Waals surface area contributed by atoms with Gasteiger partial charge in [-0.3, -0.25) is 0 Å². The van der Waals surface area contributed by atoms with E-state index in [4.69, 9.17) is 9.52 Å². The van der Waals surface area contributed by atoms with Crippen molar-refractivity contribution in [3.63, 3.8) is 0 Å². The van der Waals surface area contributed by atoms with E-state index in [1.807, 2.05) is 11.8 Å². The number of carbonyl (C=O) groups is 1. The monoisotopic (exact) mass is 269 g/mol. The second kappa shape index (κ2) is 6.29. The lowest BCUT2D eigenvalue weighted by Crippen LogP contribution is -2.25. The van der Waals surface area contributed by atoms with Crippen LogP contribution in [0.3, 0.4) is 0 Å². The molecule has 1 saturated carbocycles. The van der Waals surface area contributed by atoms with E-state index in [9.17, 15) is 4.79 Å². The topological polar surface area (TPSA) is 62.5 Å². The van der Waals surface area contributed by atoms with Crippen LogP contribution in [0.25, 0.3) is 0 Å². The average Bonchev–Trinajstić information content (AvgIpc) is 2.95. The predicted molar refractivity (Wildman–Crippen MR) is 72.1 cm³/mol. The number of thioether (sulfide) groups is 1. The van der Waals surface area contributed by atoms with Crippen molar-refractivity contribution in [3.05, 3.63) is 23.7 Å². The van der Waals surface area contributed by atoms with Crippen LogP contribution in [0.1, 0.15) is 42.5 Å². The summed E-state index contributed by atoms with van der Waals surface area (Å²) in [7, 11) is 0. The normalized spacial score (nSPS) is 23.4. The Morgan fingerprint density at radius 2 is 2.39 bits per heavy atom. The fourth-order valence-electron chi connectivity index (χ4n) is 2.35. The van der Waals surface area contributed by atoms with Gasteiger partial charge in [-0.1, -0.05) is 6.92 Å². The molecule has 0 saturated heterocycles. The number of aromatic carboxylic acids is 1. The molecule has 18 heavy (non-hydrogen) atoms. The van der Waals surface area contributed by atoms with Crippen molar-refractivity contribution in [2.24, 2.45) is 0 Å². The van der Waals surface area contributed by atoms with Crippen LogP contribution in [0.4, 0.5) is 0 Å². The average molecular weight is 269 g/mol. The van der Waals surface area contributed by atoms with E-state index in [0.717, 1.165) is 5.25 Å². The Bertz CT molecular complexity index is 405. The number of furan rings is 1. The molecule has 4 nitrogen and oxygen atoms in total. The lowest BCUT2D eigenvalue weighted by molar-refractivity contribution is 0.0660. The smallest absolute Gasteiger partial charge is 0.371 e. The molecule has 0 aromatic carbocycles. The maximum atomic E-state index is 10.7. The van der Waals surface area contributed by atoms with Crippen LogP contribution in [0.5, 0.6) is 0 Å². The van der Waals surface area contributed by atoms with Crippen molar-refractivity contribution in [2.75, 3.05) is 5.75 Å². The van der Waals surface area contributed by atoms with Gasteiger partial charge in [-0.2, -0.15) is 11.8 Å². The summed E-state index contributed by atoms with van der Waals surface area (Å²) in [6.07, 6.45) is 3.67. The standard InChI is InChI=1S/C13H19NO3S/c1-2-18-11-5-3-9(7-11)14-8-10-4-6-12(17-10)13(15)16/h4,6,9,11,14H,2-3,5,7-8H2,1H3,(H,15,16). The second-order valence-electron chi connectivity index (χ2n) is 4.54. The van der Waals surface area contributed by atoms with Crippen molar-refractivity contribution >= 4 is 17.7 Å². The van der Waals surface area contributed by atoms with Crippen molar-refractivity contribution in [3.8, 4) is 0 Å². The largest absolute Gasteiger partial charge is 0.475 e. The molecule has 0 amide bonds. The first-order valence-electron chi connectivity index (χ1n) is 6.36. The SMILES string of the molecule is CCSC1CCC(NCc2ccc(C(=O)O)o2)C1. The summed E-state index contributed by atoms with van der Waals surface area (Å²) in [5, 5.41) is 13.0. The van der Waals surface area contributed by atoms with Crippen molar-refractivity contribution in [1.29, 1.82) is 0 Å². The third-order valence-electron chi connectivity index (χ3n) is 3.22. The van der Waals surface area contributed by atoms with Gasteiger partial charge in [0.15, 0.2) is 0 Å². The molecule has 1 aliphatic rings. The number of carboxylic acid groups (broad SMARTS) is 1. The van der Waals surface area contributed by atoms with Gasteiger partial charge in [0.1, 0.15) is 5.76 Å². The van der Waals surface area contributed by atoms with Crippen LogP contribution in [0.2, 0.25) is 0 Å². The molecule has 1 aliphatic carbocycles. The predicted octanol–water partition coefficient (Wildman–Crippen LogP) is 2.74. The molecule has 1 fully saturated rings. The first-order chi connectivity index (χ1) is 8.69. The van der Waals surface area contributed by atoms with E-state index in [1.165, 1.54) is 31.1 Å². The minimum atomic E-state index is -1.01. The molecule has 2 N–H and O–H groups in total. The lowest BCUT2D eigenvalue weighted by Gasteiger charge is -2.11. The maximum absolute atomic E-state index is 10.7. The van der Waals surface area contributed by atoms with E-state index in [-0.39, 0.29) is 5.76 Å². The van der Waals surface area contributed by atoms with E-state index >= 15 is 0 Å². The third-order valence-corrected chi connectivity index (χ3v) is 4.46. The maximum Gasteiger partial charge on any atom is 0.371 e. The molecule has 2 atom stereocenters. The summed E-state index contributed by atoms with van der Waals surface area (Å²) >= 11 is 2.03. The number of hydrogen-bond donors (Lipinski definition) is 2. The minimum absolute atomic E-state index is 0.0117. The number of carboxylic acids is 1. The quantitative estimate of drug-likeness (QED) is 0.831. The Labute approximate surface area is 111 Å². The zero-order chi connectivity index (χ0) is 13.0. The van der Waals surface area contributed by atoms with Crippen LogP contribution in [0, 0.1) is 0 Å². The van der Waals surface area contributed by atoms with Crippen LogP contribution >= 0.6 is 11.8 Å². The Balaban J connectivity index is 1.76. The van der Waals surface area contributed by atoms with Crippen molar-refractivity contribution in [2.45, 2.75) is 44.0 Å². The van der Waals surface area contributed by atoms with Crippen LogP contribution in [-0.2, 0) is 6.54 Å². The zero-order valence-corrected chi connectivity index (χ0v) is 11.3. The molecule has 0 spiro atoms. The molecule has 0 radical (unpaired) electrons. The molecule has 0 aliphatic heterocycles. The highest BCUT2D eigenvalue weighted by Crippen LogP contribution is 2.29. The minimum Gasteiger partial charge on any atom is -0.475 e. The Hall–Kier alpha value is -0.940. The second-order valence-corrected chi connectivity index (χ2v) is 6.12. The van der Waals surface area contributed by atoms with Gasteiger partial charge < -0.3 is 14.8 Å². The Morgan fingerprint density at radius 3 is 3.06 bits per heavy atom. The van der Waals surface area contributed by atoms with Crippen LogP contribution < -0.4 is 5.32 Å². The highest BCUT2D eigenvalue weighted by Gasteiger charge is 2.24. The number of rotatable bonds is 6. The third kappa shape index (κ3) is 3.53. The first kappa shape index (κ1) is 13.5. The number of nitrogens with one attached hydrogen (secondary N) is 1. The Kier molecular flexibility index (Phi) is 4.72. The van der Waals surface area contributed by atoms with Crippen LogP contribution in [-0.4, -0.2) is 28.1 Å². The summed E-state index contributed by atoms with van der Waals surface area (Å²) in [6.45, 7) is 2.81. The van der Waals surface area contributed by atoms with Gasteiger partial charge >= 0.3 is 5.97 Å². The van der Waals surface area contributed by atoms with E-state index in [1.54, 1.807) is 6.07 Å². The van der Waals surface area contributed by atoms with Gasteiger partial charge in [0.2, 0.25) is 5.76 Å². The summed E-state index contributed by atoms with van der Waals surface area (Å²) in [4.78, 5) is 10.7. The van der Waals surface area contributed by atoms with Crippen molar-refractivity contribution in [1.82, 2.24) is 5.32 Å². The van der Waals surface area contributed by atoms with E-state index in [0.29, 0.717) is 18.3 Å². The van der Waals surface area contributed by atoms with E-state index < -0.39 is 5.97 Å². The zero-order valence-electron chi connectivity index (χ0n) is 10.5. The van der Waals surface area contributed by atoms with Gasteiger partial charge in [-0.25, -0.2) is 4.79 Å². The molecule has 1 aromatic heterocycles. The molecule has 0 bridgehead atoms. The van der Waals surface area contributed by atoms with Gasteiger partial charge in [0.05, 0.1) is 6.54 Å². The molecule has 2 unspecified atom stereocenters. The highest BCUT2D eigenvalue weighted by molar-refractivity contribution is 7.99. The first-order valence-corrected chi connectivity index (χ1v) is 7.41. The van der Waals surface area contributed by atoms with Gasteiger partial charge in [-0.15, -0.1) is 0 Å². The Morgan fingerprint density at radius 1 is 1.56 bits per heavy atom. The molecular formula is C13H19NO3S. The molecule has 2 rings (SSSR count). The number of hydrogen-bond acceptors (Lipinski definition) is 4. The van der Waals surface area contributed by atoms with Gasteiger partial charge in [-0.05, 0) is 37.1 Å². The fraction of sp³-hybridized carbons (Fsp3) is 0.615. The van der Waals surface area contributed by atoms with E-state index in [2.05, 4.69) is 12.2 Å².